The maximum atomic E-state index is 14.7. The van der Waals surface area contributed by atoms with Crippen molar-refractivity contribution in [3.63, 3.8) is 0 Å². The molecule has 0 aliphatic rings. The Balaban J connectivity index is 1.43. The quantitative estimate of drug-likeness (QED) is 0.417. The Morgan fingerprint density at radius 1 is 1.03 bits per heavy atom. The highest BCUT2D eigenvalue weighted by molar-refractivity contribution is 6.00. The normalized spacial score (nSPS) is 11.4. The molecule has 0 aliphatic heterocycles. The van der Waals surface area contributed by atoms with Crippen LogP contribution in [-0.2, 0) is 12.6 Å². The van der Waals surface area contributed by atoms with Gasteiger partial charge in [-0.15, -0.1) is 0 Å². The van der Waals surface area contributed by atoms with Crippen LogP contribution in [0.5, 0.6) is 11.5 Å². The summed E-state index contributed by atoms with van der Waals surface area (Å²) in [5.41, 5.74) is 2.68. The van der Waals surface area contributed by atoms with Crippen molar-refractivity contribution in [2.24, 2.45) is 7.05 Å². The molecule has 0 bridgehead atoms. The Bertz CT molecular complexity index is 1340. The van der Waals surface area contributed by atoms with Gasteiger partial charge in [0.15, 0.2) is 0 Å². The van der Waals surface area contributed by atoms with Crippen LogP contribution in [0.2, 0.25) is 0 Å². The zero-order valence-corrected chi connectivity index (χ0v) is 19.6. The highest BCUT2D eigenvalue weighted by Crippen LogP contribution is 2.28. The van der Waals surface area contributed by atoms with Crippen molar-refractivity contribution >= 4 is 17.4 Å². The second kappa shape index (κ2) is 8.97. The SMILES string of the molecule is Cc1c(NC(=O)Nc2ccc(Oc3ccnc(-c4cnn(C)c4)c3)cc2F)cnn1C(C)(C)C. The number of pyridine rings is 1. The first-order valence-corrected chi connectivity index (χ1v) is 10.7. The summed E-state index contributed by atoms with van der Waals surface area (Å²) in [4.78, 5) is 16.7. The number of halogens is 1. The lowest BCUT2D eigenvalue weighted by Gasteiger charge is -2.21. The van der Waals surface area contributed by atoms with Gasteiger partial charge in [0.25, 0.3) is 0 Å². The maximum Gasteiger partial charge on any atom is 0.323 e. The van der Waals surface area contributed by atoms with Crippen LogP contribution in [0.1, 0.15) is 26.5 Å². The minimum absolute atomic E-state index is 0.0245. The van der Waals surface area contributed by atoms with E-state index in [0.29, 0.717) is 17.1 Å². The lowest BCUT2D eigenvalue weighted by molar-refractivity contribution is 0.262. The van der Waals surface area contributed by atoms with Crippen molar-refractivity contribution in [3.05, 3.63) is 66.6 Å². The van der Waals surface area contributed by atoms with Gasteiger partial charge in [-0.05, 0) is 45.9 Å². The van der Waals surface area contributed by atoms with Crippen molar-refractivity contribution in [2.75, 3.05) is 10.6 Å². The van der Waals surface area contributed by atoms with Crippen LogP contribution in [0.25, 0.3) is 11.3 Å². The van der Waals surface area contributed by atoms with E-state index >= 15 is 0 Å². The van der Waals surface area contributed by atoms with Crippen LogP contribution in [0.3, 0.4) is 0 Å². The van der Waals surface area contributed by atoms with Crippen molar-refractivity contribution in [2.45, 2.75) is 33.2 Å². The number of nitrogens with zero attached hydrogens (tertiary/aromatic N) is 5. The van der Waals surface area contributed by atoms with E-state index in [2.05, 4.69) is 25.8 Å². The van der Waals surface area contributed by atoms with Gasteiger partial charge in [-0.1, -0.05) is 0 Å². The molecule has 0 atom stereocenters. The number of aromatic nitrogens is 5. The van der Waals surface area contributed by atoms with Gasteiger partial charge in [-0.3, -0.25) is 14.3 Å². The molecule has 4 rings (SSSR count). The number of hydrogen-bond acceptors (Lipinski definition) is 5. The summed E-state index contributed by atoms with van der Waals surface area (Å²) in [6, 6.07) is 7.08. The zero-order chi connectivity index (χ0) is 24.5. The zero-order valence-electron chi connectivity index (χ0n) is 19.6. The fraction of sp³-hybridized carbons (Fsp3) is 0.250. The largest absolute Gasteiger partial charge is 0.457 e. The monoisotopic (exact) mass is 463 g/mol. The van der Waals surface area contributed by atoms with Gasteiger partial charge in [-0.25, -0.2) is 9.18 Å². The minimum Gasteiger partial charge on any atom is -0.457 e. The molecular formula is C24H26FN7O2. The van der Waals surface area contributed by atoms with Crippen LogP contribution in [0, 0.1) is 12.7 Å². The third-order valence-corrected chi connectivity index (χ3v) is 5.05. The van der Waals surface area contributed by atoms with E-state index in [0.717, 1.165) is 11.3 Å². The van der Waals surface area contributed by atoms with Crippen LogP contribution in [0.4, 0.5) is 20.6 Å². The molecule has 3 heterocycles. The van der Waals surface area contributed by atoms with Crippen molar-refractivity contribution in [1.29, 1.82) is 0 Å². The highest BCUT2D eigenvalue weighted by Gasteiger charge is 2.19. The molecule has 1 aromatic carbocycles. The Morgan fingerprint density at radius 3 is 2.41 bits per heavy atom. The van der Waals surface area contributed by atoms with Crippen LogP contribution < -0.4 is 15.4 Å². The number of hydrogen-bond donors (Lipinski definition) is 2. The maximum absolute atomic E-state index is 14.7. The smallest absolute Gasteiger partial charge is 0.323 e. The number of anilines is 2. The summed E-state index contributed by atoms with van der Waals surface area (Å²) in [5.74, 6) is 0.156. The highest BCUT2D eigenvalue weighted by atomic mass is 19.1. The van der Waals surface area contributed by atoms with E-state index < -0.39 is 11.8 Å². The first-order valence-electron chi connectivity index (χ1n) is 10.7. The third-order valence-electron chi connectivity index (χ3n) is 5.05. The number of rotatable bonds is 5. The molecule has 2 N–H and O–H groups in total. The second-order valence-electron chi connectivity index (χ2n) is 8.83. The number of nitrogens with one attached hydrogen (secondary N) is 2. The minimum atomic E-state index is -0.628. The summed E-state index contributed by atoms with van der Waals surface area (Å²) < 4.78 is 24.0. The summed E-state index contributed by atoms with van der Waals surface area (Å²) in [6.07, 6.45) is 6.72. The molecule has 2 amide bonds. The van der Waals surface area contributed by atoms with E-state index in [-0.39, 0.29) is 17.0 Å². The molecule has 0 spiro atoms. The first-order chi connectivity index (χ1) is 16.1. The average Bonchev–Trinajstić information content (AvgIpc) is 3.36. The molecule has 10 heteroatoms. The Hall–Kier alpha value is -4.21. The molecule has 0 saturated heterocycles. The lowest BCUT2D eigenvalue weighted by atomic mass is 10.1. The predicted octanol–water partition coefficient (Wildman–Crippen LogP) is 5.32. The Labute approximate surface area is 196 Å². The summed E-state index contributed by atoms with van der Waals surface area (Å²) in [5, 5.41) is 13.7. The van der Waals surface area contributed by atoms with E-state index in [4.69, 9.17) is 4.74 Å². The molecular weight excluding hydrogens is 437 g/mol. The molecule has 9 nitrogen and oxygen atoms in total. The van der Waals surface area contributed by atoms with E-state index in [1.807, 2.05) is 45.6 Å². The number of aryl methyl sites for hydroxylation is 1. The van der Waals surface area contributed by atoms with E-state index in [1.54, 1.807) is 41.5 Å². The van der Waals surface area contributed by atoms with Gasteiger partial charge >= 0.3 is 6.03 Å². The Kier molecular flexibility index (Phi) is 6.06. The topological polar surface area (TPSA) is 98.9 Å². The molecule has 0 aliphatic carbocycles. The number of amides is 2. The van der Waals surface area contributed by atoms with Crippen LogP contribution >= 0.6 is 0 Å². The van der Waals surface area contributed by atoms with Crippen molar-refractivity contribution in [3.8, 4) is 22.8 Å². The van der Waals surface area contributed by atoms with E-state index in [9.17, 15) is 9.18 Å². The number of urea groups is 1. The van der Waals surface area contributed by atoms with Gasteiger partial charge < -0.3 is 15.4 Å². The van der Waals surface area contributed by atoms with E-state index in [1.165, 1.54) is 12.1 Å². The van der Waals surface area contributed by atoms with Crippen molar-refractivity contribution < 1.29 is 13.9 Å². The molecule has 0 saturated carbocycles. The summed E-state index contributed by atoms with van der Waals surface area (Å²) in [6.45, 7) is 7.91. The van der Waals surface area contributed by atoms with Gasteiger partial charge in [0.2, 0.25) is 0 Å². The molecule has 0 fully saturated rings. The number of benzene rings is 1. The average molecular weight is 464 g/mol. The summed E-state index contributed by atoms with van der Waals surface area (Å²) >= 11 is 0. The number of ether oxygens (including phenoxy) is 1. The standard InChI is InChI=1S/C24H26FN7O2/c1-15-22(13-28-32(15)24(2,3)4)30-23(33)29-20-7-6-17(10-19(20)25)34-18-8-9-26-21(11-18)16-12-27-31(5)14-16/h6-14H,1-5H3,(H2,29,30,33). The van der Waals surface area contributed by atoms with Crippen LogP contribution in [0.15, 0.2) is 55.1 Å². The second-order valence-corrected chi connectivity index (χ2v) is 8.83. The predicted molar refractivity (Wildman–Crippen MR) is 128 cm³/mol. The lowest BCUT2D eigenvalue weighted by Crippen LogP contribution is -2.25. The number of carbonyl (C=O) groups is 1. The molecule has 0 unspecified atom stereocenters. The molecule has 0 radical (unpaired) electrons. The molecule has 176 valence electrons. The summed E-state index contributed by atoms with van der Waals surface area (Å²) in [7, 11) is 1.82. The van der Waals surface area contributed by atoms with Crippen LogP contribution in [-0.4, -0.2) is 30.6 Å². The van der Waals surface area contributed by atoms with Gasteiger partial charge in [0.1, 0.15) is 17.3 Å². The molecule has 34 heavy (non-hydrogen) atoms. The Morgan fingerprint density at radius 2 is 1.76 bits per heavy atom. The fourth-order valence-electron chi connectivity index (χ4n) is 3.47. The molecule has 4 aromatic rings. The first kappa shape index (κ1) is 23.0. The fourth-order valence-corrected chi connectivity index (χ4v) is 3.47. The van der Waals surface area contributed by atoms with Crippen molar-refractivity contribution in [1.82, 2.24) is 24.5 Å². The van der Waals surface area contributed by atoms with Gasteiger partial charge in [0.05, 0.1) is 40.7 Å². The van der Waals surface area contributed by atoms with Gasteiger partial charge in [0, 0.05) is 37.1 Å². The van der Waals surface area contributed by atoms with Gasteiger partial charge in [-0.2, -0.15) is 10.2 Å². The number of carbonyl (C=O) groups excluding carboxylic acids is 1. The third kappa shape index (κ3) is 5.06. The molecule has 3 aromatic heterocycles.